The van der Waals surface area contributed by atoms with Crippen molar-refractivity contribution in [2.45, 2.75) is 62.3 Å². The summed E-state index contributed by atoms with van der Waals surface area (Å²) in [5.74, 6) is -3.27. The van der Waals surface area contributed by atoms with Crippen LogP contribution >= 0.6 is 0 Å². The molecule has 0 aliphatic heterocycles. The first-order chi connectivity index (χ1) is 16.6. The van der Waals surface area contributed by atoms with Gasteiger partial charge in [0.05, 0.1) is 17.9 Å². The number of carboxylic acids is 3. The fourth-order valence-corrected chi connectivity index (χ4v) is 3.80. The summed E-state index contributed by atoms with van der Waals surface area (Å²) in [5, 5.41) is 32.1. The molecule has 192 valence electrons. The van der Waals surface area contributed by atoms with Crippen molar-refractivity contribution in [3.63, 3.8) is 0 Å². The van der Waals surface area contributed by atoms with Crippen molar-refractivity contribution in [1.29, 1.82) is 0 Å². The normalized spacial score (nSPS) is 9.65. The summed E-state index contributed by atoms with van der Waals surface area (Å²) < 4.78 is 0. The van der Waals surface area contributed by atoms with Gasteiger partial charge in [-0.2, -0.15) is 0 Å². The molecule has 7 heteroatoms. The molecule has 0 atom stereocenters. The molecule has 0 aromatic heterocycles. The predicted octanol–water partition coefficient (Wildman–Crippen LogP) is 2.55. The van der Waals surface area contributed by atoms with Crippen LogP contribution in [0.1, 0.15) is 81.1 Å². The molecular weight excluding hydrogens is 483 g/mol. The molecule has 0 saturated carbocycles. The Bertz CT molecular complexity index is 1150. The summed E-state index contributed by atoms with van der Waals surface area (Å²) in [7, 11) is 0. The van der Waals surface area contributed by atoms with Crippen molar-refractivity contribution in [3.8, 4) is 0 Å². The number of aromatic carboxylic acids is 3. The van der Waals surface area contributed by atoms with Crippen LogP contribution in [-0.4, -0.2) is 35.3 Å². The maximum atomic E-state index is 10.7. The molecule has 0 spiro atoms. The van der Waals surface area contributed by atoms with E-state index in [2.05, 4.69) is 0 Å². The first kappa shape index (κ1) is 33.6. The van der Waals surface area contributed by atoms with E-state index in [1.54, 1.807) is 59.7 Å². The average molecular weight is 517 g/mol. The third-order valence-corrected chi connectivity index (χ3v) is 6.44. The van der Waals surface area contributed by atoms with Crippen molar-refractivity contribution in [2.75, 3.05) is 0 Å². The minimum absolute atomic E-state index is 0. The Kier molecular flexibility index (Phi) is 13.0. The van der Waals surface area contributed by atoms with E-state index < -0.39 is 17.9 Å². The van der Waals surface area contributed by atoms with Crippen LogP contribution in [0.15, 0.2) is 36.4 Å². The van der Waals surface area contributed by atoms with Crippen LogP contribution in [0, 0.1) is 62.3 Å². The van der Waals surface area contributed by atoms with Gasteiger partial charge in [-0.15, -0.1) is 0 Å². The number of carboxylic acid groups (broad SMARTS) is 3. The van der Waals surface area contributed by atoms with Gasteiger partial charge in [-0.05, 0) is 112 Å². The average Bonchev–Trinajstić information content (AvgIpc) is 2.77. The van der Waals surface area contributed by atoms with E-state index in [1.165, 1.54) is 0 Å². The van der Waals surface area contributed by atoms with Crippen LogP contribution in [0.5, 0.6) is 0 Å². The molecule has 0 fully saturated rings. The van der Waals surface area contributed by atoms with Crippen LogP contribution in [0.3, 0.4) is 0 Å². The molecule has 0 heterocycles. The van der Waals surface area contributed by atoms with E-state index >= 15 is 0 Å². The number of aryl methyl sites for hydroxylation is 6. The summed E-state index contributed by atoms with van der Waals surface area (Å²) in [6.07, 6.45) is 0. The summed E-state index contributed by atoms with van der Waals surface area (Å²) >= 11 is 0. The van der Waals surface area contributed by atoms with Gasteiger partial charge in [0.1, 0.15) is 0 Å². The fraction of sp³-hybridized carbons (Fsp3) is 0.300. The Balaban J connectivity index is 0.000000518. The molecule has 0 amide bonds. The number of rotatable bonds is 3. The van der Waals surface area contributed by atoms with E-state index in [9.17, 15) is 29.7 Å². The second kappa shape index (κ2) is 14.4. The van der Waals surface area contributed by atoms with Crippen LogP contribution in [-0.2, 0) is 0 Å². The Hall–Kier alpha value is -3.40. The Labute approximate surface area is 230 Å². The third kappa shape index (κ3) is 8.59. The summed E-state index contributed by atoms with van der Waals surface area (Å²) in [4.78, 5) is 32.1. The maximum Gasteiger partial charge on any atom is 3.00 e. The third-order valence-electron chi connectivity index (χ3n) is 6.44. The van der Waals surface area contributed by atoms with Gasteiger partial charge in [0.2, 0.25) is 0 Å². The molecule has 6 nitrogen and oxygen atoms in total. The Morgan fingerprint density at radius 3 is 0.703 bits per heavy atom. The first-order valence-corrected chi connectivity index (χ1v) is 11.5. The number of carbonyl (C=O) groups excluding carboxylic acids is 3. The Morgan fingerprint density at radius 1 is 0.405 bits per heavy atom. The van der Waals surface area contributed by atoms with Gasteiger partial charge in [-0.3, -0.25) is 0 Å². The van der Waals surface area contributed by atoms with Gasteiger partial charge in [-0.25, -0.2) is 0 Å². The van der Waals surface area contributed by atoms with Crippen molar-refractivity contribution >= 4 is 35.3 Å². The second-order valence-corrected chi connectivity index (χ2v) is 8.96. The molecule has 0 N–H and O–H groups in total. The largest absolute Gasteiger partial charge is 3.00 e. The van der Waals surface area contributed by atoms with Crippen LogP contribution in [0.4, 0.5) is 0 Å². The fourth-order valence-electron chi connectivity index (χ4n) is 3.80. The molecule has 0 aliphatic carbocycles. The molecule has 3 rings (SSSR count). The molecule has 3 aromatic rings. The SMILES string of the molecule is Cc1ccc(C)c(C(=O)[O-])c1C.Cc1ccc(C)c(C(=O)[O-])c1C.Cc1ccc(C)c(C(=O)[O-])c1C.[Al+3]. The van der Waals surface area contributed by atoms with E-state index in [0.29, 0.717) is 16.7 Å². The minimum Gasteiger partial charge on any atom is -0.545 e. The van der Waals surface area contributed by atoms with Gasteiger partial charge >= 0.3 is 17.4 Å². The zero-order valence-electron chi connectivity index (χ0n) is 23.0. The first-order valence-electron chi connectivity index (χ1n) is 11.5. The van der Waals surface area contributed by atoms with Gasteiger partial charge in [-0.1, -0.05) is 36.4 Å². The second-order valence-electron chi connectivity index (χ2n) is 8.96. The van der Waals surface area contributed by atoms with Gasteiger partial charge in [0, 0.05) is 16.7 Å². The van der Waals surface area contributed by atoms with Crippen molar-refractivity contribution in [2.24, 2.45) is 0 Å². The quantitative estimate of drug-likeness (QED) is 0.494. The molecule has 0 saturated heterocycles. The standard InChI is InChI=1S/3C10H12O2.Al/c3*1-6-4-5-7(2)9(8(6)3)10(11)12;/h3*4-5H,1-3H3,(H,11,12);/q;;;+3/p-3. The molecule has 0 bridgehead atoms. The number of hydrogen-bond donors (Lipinski definition) is 0. The summed E-state index contributed by atoms with van der Waals surface area (Å²) in [5.41, 5.74) is 8.63. The zero-order chi connectivity index (χ0) is 27.9. The van der Waals surface area contributed by atoms with E-state index in [4.69, 9.17) is 0 Å². The van der Waals surface area contributed by atoms with Crippen molar-refractivity contribution < 1.29 is 29.7 Å². The number of benzene rings is 3. The van der Waals surface area contributed by atoms with E-state index in [-0.39, 0.29) is 17.4 Å². The smallest absolute Gasteiger partial charge is 0.545 e. The maximum absolute atomic E-state index is 10.7. The van der Waals surface area contributed by atoms with E-state index in [1.807, 2.05) is 39.0 Å². The number of hydrogen-bond acceptors (Lipinski definition) is 6. The molecule has 37 heavy (non-hydrogen) atoms. The van der Waals surface area contributed by atoms with Crippen molar-refractivity contribution in [3.05, 3.63) is 103 Å². The predicted molar refractivity (Wildman–Crippen MR) is 141 cm³/mol. The summed E-state index contributed by atoms with van der Waals surface area (Å²) in [6.45, 7) is 16.4. The molecular formula is C30H33AlO6. The van der Waals surface area contributed by atoms with Crippen LogP contribution in [0.25, 0.3) is 0 Å². The minimum atomic E-state index is -1.09. The molecule has 3 aromatic carbocycles. The van der Waals surface area contributed by atoms with Gasteiger partial charge < -0.3 is 29.7 Å². The van der Waals surface area contributed by atoms with Gasteiger partial charge in [0.25, 0.3) is 0 Å². The summed E-state index contributed by atoms with van der Waals surface area (Å²) in [6, 6.07) is 11.1. The van der Waals surface area contributed by atoms with Crippen LogP contribution in [0.2, 0.25) is 0 Å². The van der Waals surface area contributed by atoms with Gasteiger partial charge in [0.15, 0.2) is 0 Å². The zero-order valence-corrected chi connectivity index (χ0v) is 24.1. The molecule has 0 unspecified atom stereocenters. The van der Waals surface area contributed by atoms with Crippen LogP contribution < -0.4 is 15.3 Å². The monoisotopic (exact) mass is 516 g/mol. The number of carbonyl (C=O) groups is 3. The van der Waals surface area contributed by atoms with Crippen molar-refractivity contribution in [1.82, 2.24) is 0 Å². The Morgan fingerprint density at radius 2 is 0.568 bits per heavy atom. The molecule has 0 radical (unpaired) electrons. The van der Waals surface area contributed by atoms with E-state index in [0.717, 1.165) is 50.1 Å². The topological polar surface area (TPSA) is 120 Å². The molecule has 0 aliphatic rings.